The van der Waals surface area contributed by atoms with Crippen LogP contribution in [-0.2, 0) is 14.9 Å². The minimum absolute atomic E-state index is 0.273. The van der Waals surface area contributed by atoms with Gasteiger partial charge >= 0.3 is 0 Å². The van der Waals surface area contributed by atoms with Gasteiger partial charge in [-0.1, -0.05) is 71.7 Å². The maximum absolute atomic E-state index is 13.0. The summed E-state index contributed by atoms with van der Waals surface area (Å²) in [6.45, 7) is 0. The Morgan fingerprint density at radius 2 is 1.79 bits per heavy atom. The number of aliphatic hydroxyl groups is 2. The topological polar surface area (TPSA) is 92.8 Å². The van der Waals surface area contributed by atoms with E-state index >= 15 is 0 Å². The van der Waals surface area contributed by atoms with Crippen molar-refractivity contribution in [1.82, 2.24) is 0 Å². The SMILES string of the molecule is COC(O)c1ccc(C2=C[C@](C=O)(c3ccc(Cl)cc3N)[C@H](c3cccc(Cl)c3)CC2O)cc1. The zero-order valence-corrected chi connectivity index (χ0v) is 20.0. The van der Waals surface area contributed by atoms with Gasteiger partial charge < -0.3 is 25.5 Å². The number of nitrogen functional groups attached to an aromatic ring is 1. The maximum atomic E-state index is 13.0. The van der Waals surface area contributed by atoms with Crippen molar-refractivity contribution in [2.75, 3.05) is 12.8 Å². The van der Waals surface area contributed by atoms with Gasteiger partial charge in [-0.15, -0.1) is 0 Å². The fraction of sp³-hybridized carbons (Fsp3) is 0.222. The number of carbonyl (C=O) groups excluding carboxylic acids is 1. The van der Waals surface area contributed by atoms with E-state index in [1.807, 2.05) is 18.2 Å². The lowest BCUT2D eigenvalue weighted by molar-refractivity contribution is -0.112. The minimum atomic E-state index is -1.17. The van der Waals surface area contributed by atoms with Crippen LogP contribution in [0.5, 0.6) is 0 Å². The first-order valence-corrected chi connectivity index (χ1v) is 11.5. The van der Waals surface area contributed by atoms with Crippen molar-refractivity contribution in [1.29, 1.82) is 0 Å². The van der Waals surface area contributed by atoms with Crippen LogP contribution in [0.1, 0.15) is 40.9 Å². The van der Waals surface area contributed by atoms with E-state index in [1.54, 1.807) is 54.6 Å². The third-order valence-corrected chi connectivity index (χ3v) is 6.94. The molecule has 7 heteroatoms. The number of aliphatic hydroxyl groups excluding tert-OH is 2. The van der Waals surface area contributed by atoms with Crippen LogP contribution in [0.25, 0.3) is 5.57 Å². The molecular weight excluding hydrogens is 473 g/mol. The molecule has 1 aliphatic carbocycles. The number of ether oxygens (including phenoxy) is 1. The number of nitrogens with two attached hydrogens (primary N) is 1. The molecule has 176 valence electrons. The van der Waals surface area contributed by atoms with Gasteiger partial charge in [0.05, 0.1) is 11.5 Å². The summed E-state index contributed by atoms with van der Waals surface area (Å²) in [7, 11) is 1.41. The Balaban J connectivity index is 1.92. The van der Waals surface area contributed by atoms with Crippen molar-refractivity contribution in [2.45, 2.75) is 30.1 Å². The van der Waals surface area contributed by atoms with E-state index in [1.165, 1.54) is 7.11 Å². The van der Waals surface area contributed by atoms with Crippen molar-refractivity contribution in [3.63, 3.8) is 0 Å². The van der Waals surface area contributed by atoms with Gasteiger partial charge in [0.15, 0.2) is 6.29 Å². The molecule has 4 N–H and O–H groups in total. The third-order valence-electron chi connectivity index (χ3n) is 6.47. The van der Waals surface area contributed by atoms with Crippen molar-refractivity contribution in [2.24, 2.45) is 0 Å². The molecule has 1 aliphatic rings. The minimum Gasteiger partial charge on any atom is -0.398 e. The molecule has 0 saturated carbocycles. The molecule has 0 amide bonds. The largest absolute Gasteiger partial charge is 0.398 e. The molecule has 0 spiro atoms. The normalized spacial score (nSPS) is 23.3. The van der Waals surface area contributed by atoms with Crippen LogP contribution in [0.2, 0.25) is 10.0 Å². The number of anilines is 1. The van der Waals surface area contributed by atoms with E-state index in [2.05, 4.69) is 0 Å². The van der Waals surface area contributed by atoms with Gasteiger partial charge in [0, 0.05) is 34.3 Å². The second-order valence-corrected chi connectivity index (χ2v) is 9.32. The molecule has 5 nitrogen and oxygen atoms in total. The Labute approximate surface area is 208 Å². The first-order valence-electron chi connectivity index (χ1n) is 10.8. The van der Waals surface area contributed by atoms with Crippen LogP contribution < -0.4 is 5.73 Å². The summed E-state index contributed by atoms with van der Waals surface area (Å²) in [6.07, 6.45) is 1.06. The summed E-state index contributed by atoms with van der Waals surface area (Å²) in [6, 6.07) is 19.4. The molecule has 3 aromatic carbocycles. The standard InChI is InChI=1S/C27H25Cl2NO4/c1-34-26(33)17-7-5-16(6-8-17)21-14-27(15-31,22-10-9-20(29)12-24(22)30)23(13-25(21)32)18-3-2-4-19(28)11-18/h2-12,14-15,23,25-26,32-33H,13,30H2,1H3/t23-,25?,26?,27-/m0/s1. The number of carbonyl (C=O) groups is 1. The number of aldehydes is 1. The highest BCUT2D eigenvalue weighted by atomic mass is 35.5. The molecule has 0 fully saturated rings. The van der Waals surface area contributed by atoms with Gasteiger partial charge in [0.25, 0.3) is 0 Å². The van der Waals surface area contributed by atoms with Crippen LogP contribution in [0, 0.1) is 0 Å². The van der Waals surface area contributed by atoms with E-state index in [9.17, 15) is 15.0 Å². The second-order valence-electron chi connectivity index (χ2n) is 8.45. The van der Waals surface area contributed by atoms with E-state index in [0.29, 0.717) is 32.4 Å². The molecule has 2 unspecified atom stereocenters. The summed E-state index contributed by atoms with van der Waals surface area (Å²) in [5.74, 6) is -0.416. The Kier molecular flexibility index (Phi) is 7.12. The Morgan fingerprint density at radius 1 is 1.09 bits per heavy atom. The summed E-state index contributed by atoms with van der Waals surface area (Å²) in [5.41, 5.74) is 8.91. The van der Waals surface area contributed by atoms with E-state index < -0.39 is 23.7 Å². The molecule has 0 bridgehead atoms. The fourth-order valence-electron chi connectivity index (χ4n) is 4.76. The average molecular weight is 498 g/mol. The van der Waals surface area contributed by atoms with Gasteiger partial charge in [-0.2, -0.15) is 0 Å². The molecule has 0 heterocycles. The molecule has 0 saturated heterocycles. The third kappa shape index (κ3) is 4.50. The predicted octanol–water partition coefficient (Wildman–Crippen LogP) is 5.28. The lowest BCUT2D eigenvalue weighted by Gasteiger charge is -2.42. The van der Waals surface area contributed by atoms with Crippen molar-refractivity contribution >= 4 is 40.7 Å². The molecule has 0 aromatic heterocycles. The number of benzene rings is 3. The summed E-state index contributed by atoms with van der Waals surface area (Å²) >= 11 is 12.4. The van der Waals surface area contributed by atoms with Crippen LogP contribution in [0.3, 0.4) is 0 Å². The summed E-state index contributed by atoms with van der Waals surface area (Å²) in [4.78, 5) is 13.0. The summed E-state index contributed by atoms with van der Waals surface area (Å²) in [5, 5.41) is 22.1. The maximum Gasteiger partial charge on any atom is 0.180 e. The van der Waals surface area contributed by atoms with Crippen LogP contribution in [0.4, 0.5) is 5.69 Å². The Hall–Kier alpha value is -2.67. The highest BCUT2D eigenvalue weighted by molar-refractivity contribution is 6.31. The fourth-order valence-corrected chi connectivity index (χ4v) is 5.14. The van der Waals surface area contributed by atoms with Gasteiger partial charge in [-0.05, 0) is 52.9 Å². The number of methoxy groups -OCH3 is 1. The van der Waals surface area contributed by atoms with Crippen LogP contribution >= 0.6 is 23.2 Å². The molecule has 4 rings (SSSR count). The van der Waals surface area contributed by atoms with Gasteiger partial charge in [0.1, 0.15) is 6.29 Å². The van der Waals surface area contributed by atoms with Crippen LogP contribution in [0.15, 0.2) is 72.8 Å². The van der Waals surface area contributed by atoms with Gasteiger partial charge in [0.2, 0.25) is 0 Å². The first-order chi connectivity index (χ1) is 16.3. The monoisotopic (exact) mass is 497 g/mol. The van der Waals surface area contributed by atoms with Crippen molar-refractivity contribution in [3.8, 4) is 0 Å². The number of hydrogen-bond donors (Lipinski definition) is 3. The number of allylic oxidation sites excluding steroid dienone is 1. The van der Waals surface area contributed by atoms with E-state index in [-0.39, 0.29) is 6.42 Å². The van der Waals surface area contributed by atoms with Gasteiger partial charge in [-0.25, -0.2) is 0 Å². The molecule has 4 atom stereocenters. The van der Waals surface area contributed by atoms with Crippen molar-refractivity contribution < 1.29 is 19.7 Å². The zero-order valence-electron chi connectivity index (χ0n) is 18.5. The van der Waals surface area contributed by atoms with Crippen LogP contribution in [-0.4, -0.2) is 29.7 Å². The quantitative estimate of drug-likeness (QED) is 0.244. The smallest absolute Gasteiger partial charge is 0.180 e. The molecule has 34 heavy (non-hydrogen) atoms. The average Bonchev–Trinajstić information content (AvgIpc) is 2.84. The Morgan fingerprint density at radius 3 is 2.41 bits per heavy atom. The highest BCUT2D eigenvalue weighted by Gasteiger charge is 2.46. The van der Waals surface area contributed by atoms with Gasteiger partial charge in [-0.3, -0.25) is 0 Å². The zero-order chi connectivity index (χ0) is 24.5. The lowest BCUT2D eigenvalue weighted by Crippen LogP contribution is -2.40. The molecule has 0 aliphatic heterocycles. The number of halogens is 2. The van der Waals surface area contributed by atoms with Crippen molar-refractivity contribution in [3.05, 3.63) is 105 Å². The molecular formula is C27H25Cl2NO4. The lowest BCUT2D eigenvalue weighted by atomic mass is 9.61. The predicted molar refractivity (Wildman–Crippen MR) is 135 cm³/mol. The summed E-state index contributed by atoms with van der Waals surface area (Å²) < 4.78 is 4.96. The van der Waals surface area contributed by atoms with E-state index in [4.69, 9.17) is 33.7 Å². The van der Waals surface area contributed by atoms with E-state index in [0.717, 1.165) is 17.4 Å². The highest BCUT2D eigenvalue weighted by Crippen LogP contribution is 2.50. The molecule has 3 aromatic rings. The second kappa shape index (κ2) is 9.90. The first kappa shape index (κ1) is 24.5. The number of rotatable bonds is 6. The molecule has 0 radical (unpaired) electrons. The Bertz CT molecular complexity index is 1230. The number of hydrogen-bond acceptors (Lipinski definition) is 5.